The van der Waals surface area contributed by atoms with Gasteiger partial charge >= 0.3 is 0 Å². The lowest BCUT2D eigenvalue weighted by atomic mass is 10.0. The third-order valence-corrected chi connectivity index (χ3v) is 2.69. The number of methoxy groups -OCH3 is 1. The van der Waals surface area contributed by atoms with Gasteiger partial charge in [0, 0.05) is 0 Å². The monoisotopic (exact) mass is 233 g/mol. The first kappa shape index (κ1) is 11.5. The van der Waals surface area contributed by atoms with Crippen molar-refractivity contribution >= 4 is 11.5 Å². The van der Waals surface area contributed by atoms with Crippen LogP contribution in [0.5, 0.6) is 5.75 Å². The number of ether oxygens (including phenoxy) is 2. The molecule has 0 radical (unpaired) electrons. The van der Waals surface area contributed by atoms with E-state index in [-0.39, 0.29) is 5.78 Å². The Bertz CT molecular complexity index is 466. The van der Waals surface area contributed by atoms with E-state index in [1.165, 1.54) is 7.11 Å². The maximum atomic E-state index is 12.2. The Hall–Kier alpha value is -1.97. The molecule has 4 heteroatoms. The fourth-order valence-corrected chi connectivity index (χ4v) is 1.77. The Morgan fingerprint density at radius 3 is 2.94 bits per heavy atom. The van der Waals surface area contributed by atoms with Crippen LogP contribution in [0.3, 0.4) is 0 Å². The second-order valence-electron chi connectivity index (χ2n) is 3.81. The van der Waals surface area contributed by atoms with E-state index < -0.39 is 0 Å². The molecule has 0 saturated carbocycles. The first-order valence-electron chi connectivity index (χ1n) is 5.54. The van der Waals surface area contributed by atoms with Crippen LogP contribution in [0.1, 0.15) is 23.2 Å². The number of nitrogen functional groups attached to an aromatic ring is 1. The molecule has 1 aliphatic heterocycles. The van der Waals surface area contributed by atoms with Gasteiger partial charge in [-0.3, -0.25) is 4.79 Å². The lowest BCUT2D eigenvalue weighted by Crippen LogP contribution is -2.13. The van der Waals surface area contributed by atoms with E-state index in [1.54, 1.807) is 18.2 Å². The Balaban J connectivity index is 2.33. The van der Waals surface area contributed by atoms with Crippen molar-refractivity contribution in [1.29, 1.82) is 0 Å². The van der Waals surface area contributed by atoms with Gasteiger partial charge in [-0.15, -0.1) is 0 Å². The van der Waals surface area contributed by atoms with Crippen LogP contribution >= 0.6 is 0 Å². The van der Waals surface area contributed by atoms with Crippen LogP contribution in [-0.2, 0) is 4.74 Å². The van der Waals surface area contributed by atoms with Gasteiger partial charge in [0.15, 0.2) is 5.76 Å². The molecule has 0 aromatic heterocycles. The van der Waals surface area contributed by atoms with Crippen molar-refractivity contribution < 1.29 is 14.3 Å². The van der Waals surface area contributed by atoms with Gasteiger partial charge in [-0.05, 0) is 31.1 Å². The molecule has 1 aromatic rings. The molecule has 1 aromatic carbocycles. The van der Waals surface area contributed by atoms with Crippen molar-refractivity contribution in [2.45, 2.75) is 12.8 Å². The number of Topliss-reactive ketones (excluding diaryl/α,β-unsaturated/α-hetero) is 1. The van der Waals surface area contributed by atoms with Gasteiger partial charge in [0.25, 0.3) is 0 Å². The summed E-state index contributed by atoms with van der Waals surface area (Å²) in [7, 11) is 1.52. The normalized spacial score (nSPS) is 14.8. The van der Waals surface area contributed by atoms with E-state index >= 15 is 0 Å². The summed E-state index contributed by atoms with van der Waals surface area (Å²) in [6.07, 6.45) is 3.63. The highest BCUT2D eigenvalue weighted by Gasteiger charge is 2.19. The van der Waals surface area contributed by atoms with Gasteiger partial charge in [-0.1, -0.05) is 6.07 Å². The minimum atomic E-state index is -0.180. The summed E-state index contributed by atoms with van der Waals surface area (Å²) in [5, 5.41) is 0. The fraction of sp³-hybridized carbons (Fsp3) is 0.308. The molecule has 0 amide bonds. The fourth-order valence-electron chi connectivity index (χ4n) is 1.77. The zero-order chi connectivity index (χ0) is 12.3. The molecule has 1 heterocycles. The molecular weight excluding hydrogens is 218 g/mol. The Morgan fingerprint density at radius 2 is 2.29 bits per heavy atom. The molecule has 0 bridgehead atoms. The van der Waals surface area contributed by atoms with E-state index in [9.17, 15) is 4.79 Å². The summed E-state index contributed by atoms with van der Waals surface area (Å²) in [4.78, 5) is 12.2. The number of carbonyl (C=O) groups excluding carboxylic acids is 1. The Kier molecular flexibility index (Phi) is 3.32. The number of benzene rings is 1. The Labute approximate surface area is 100 Å². The predicted molar refractivity (Wildman–Crippen MR) is 65.0 cm³/mol. The van der Waals surface area contributed by atoms with Crippen molar-refractivity contribution in [1.82, 2.24) is 0 Å². The summed E-state index contributed by atoms with van der Waals surface area (Å²) in [5.74, 6) is 0.713. The predicted octanol–water partition coefficient (Wildman–Crippen LogP) is 2.15. The van der Waals surface area contributed by atoms with Crippen LogP contribution in [-0.4, -0.2) is 19.5 Å². The Morgan fingerprint density at radius 1 is 1.47 bits per heavy atom. The van der Waals surface area contributed by atoms with Gasteiger partial charge in [-0.2, -0.15) is 0 Å². The largest absolute Gasteiger partial charge is 0.495 e. The van der Waals surface area contributed by atoms with Gasteiger partial charge in [0.05, 0.1) is 25.0 Å². The number of rotatable bonds is 3. The van der Waals surface area contributed by atoms with Crippen LogP contribution in [0.25, 0.3) is 0 Å². The second-order valence-corrected chi connectivity index (χ2v) is 3.81. The number of hydrogen-bond donors (Lipinski definition) is 1. The molecule has 0 unspecified atom stereocenters. The maximum Gasteiger partial charge on any atom is 0.229 e. The number of hydrogen-bond acceptors (Lipinski definition) is 4. The molecular formula is C13H15NO3. The highest BCUT2D eigenvalue weighted by Crippen LogP contribution is 2.27. The summed E-state index contributed by atoms with van der Waals surface area (Å²) in [5.41, 5.74) is 6.66. The smallest absolute Gasteiger partial charge is 0.229 e. The van der Waals surface area contributed by atoms with Gasteiger partial charge < -0.3 is 15.2 Å². The highest BCUT2D eigenvalue weighted by atomic mass is 16.5. The third kappa shape index (κ3) is 2.25. The maximum absolute atomic E-state index is 12.2. The van der Waals surface area contributed by atoms with Gasteiger partial charge in [0.1, 0.15) is 5.75 Å². The van der Waals surface area contributed by atoms with E-state index in [4.69, 9.17) is 15.2 Å². The van der Waals surface area contributed by atoms with Crippen molar-refractivity contribution in [2.24, 2.45) is 0 Å². The minimum Gasteiger partial charge on any atom is -0.495 e. The molecule has 2 rings (SSSR count). The van der Waals surface area contributed by atoms with Crippen molar-refractivity contribution in [2.75, 3.05) is 19.5 Å². The lowest BCUT2D eigenvalue weighted by molar-refractivity contribution is 0.0899. The molecule has 2 N–H and O–H groups in total. The van der Waals surface area contributed by atoms with Gasteiger partial charge in [0.2, 0.25) is 5.78 Å². The van der Waals surface area contributed by atoms with Crippen LogP contribution < -0.4 is 10.5 Å². The topological polar surface area (TPSA) is 61.5 Å². The first-order chi connectivity index (χ1) is 8.24. The van der Waals surface area contributed by atoms with Gasteiger partial charge in [-0.25, -0.2) is 0 Å². The van der Waals surface area contributed by atoms with Crippen molar-refractivity contribution in [3.05, 3.63) is 35.6 Å². The molecule has 0 fully saturated rings. The minimum absolute atomic E-state index is 0.180. The molecule has 0 aliphatic carbocycles. The number of nitrogens with two attached hydrogens (primary N) is 1. The van der Waals surface area contributed by atoms with E-state index in [0.717, 1.165) is 12.8 Å². The van der Waals surface area contributed by atoms with Crippen molar-refractivity contribution in [3.8, 4) is 5.75 Å². The first-order valence-corrected chi connectivity index (χ1v) is 5.54. The number of allylic oxidation sites excluding steroid dienone is 2. The quantitative estimate of drug-likeness (QED) is 0.642. The zero-order valence-electron chi connectivity index (χ0n) is 9.73. The second kappa shape index (κ2) is 4.91. The van der Waals surface area contributed by atoms with Crippen LogP contribution in [0.15, 0.2) is 30.0 Å². The van der Waals surface area contributed by atoms with Crippen LogP contribution in [0.4, 0.5) is 5.69 Å². The van der Waals surface area contributed by atoms with E-state index in [0.29, 0.717) is 29.4 Å². The summed E-state index contributed by atoms with van der Waals surface area (Å²) < 4.78 is 10.4. The van der Waals surface area contributed by atoms with Crippen LogP contribution in [0, 0.1) is 0 Å². The lowest BCUT2D eigenvalue weighted by Gasteiger charge is -2.15. The molecule has 17 heavy (non-hydrogen) atoms. The average Bonchev–Trinajstić information content (AvgIpc) is 2.39. The highest BCUT2D eigenvalue weighted by molar-refractivity contribution is 6.11. The SMILES string of the molecule is COc1cccc(C(=O)C2=CCCCO2)c1N. The third-order valence-electron chi connectivity index (χ3n) is 2.69. The number of anilines is 1. The molecule has 0 saturated heterocycles. The van der Waals surface area contributed by atoms with E-state index in [1.807, 2.05) is 6.08 Å². The summed E-state index contributed by atoms with van der Waals surface area (Å²) in [6, 6.07) is 5.15. The van der Waals surface area contributed by atoms with Crippen LogP contribution in [0.2, 0.25) is 0 Å². The molecule has 90 valence electrons. The summed E-state index contributed by atoms with van der Waals surface area (Å²) >= 11 is 0. The van der Waals surface area contributed by atoms with Crippen molar-refractivity contribution in [3.63, 3.8) is 0 Å². The standard InChI is InChI=1S/C13H15NO3/c1-16-10-7-4-5-9(12(10)14)13(15)11-6-2-3-8-17-11/h4-7H,2-3,8,14H2,1H3. The number of carbonyl (C=O) groups is 1. The molecule has 0 spiro atoms. The molecule has 0 atom stereocenters. The molecule has 1 aliphatic rings. The summed E-state index contributed by atoms with van der Waals surface area (Å²) in [6.45, 7) is 0.585. The number of para-hydroxylation sites is 1. The zero-order valence-corrected chi connectivity index (χ0v) is 9.73. The van der Waals surface area contributed by atoms with E-state index in [2.05, 4.69) is 0 Å². The average molecular weight is 233 g/mol. The molecule has 4 nitrogen and oxygen atoms in total. The number of ketones is 1.